The number of aromatic amines is 2. The van der Waals surface area contributed by atoms with Crippen molar-refractivity contribution in [1.29, 1.82) is 0 Å². The third-order valence-corrected chi connectivity index (χ3v) is 3.19. The molecule has 0 atom stereocenters. The Balaban J connectivity index is 2.15. The largest absolute Gasteiger partial charge is 0.336 e. The van der Waals surface area contributed by atoms with E-state index in [2.05, 4.69) is 20.3 Å². The molecule has 6 nitrogen and oxygen atoms in total. The number of imidazole rings is 2. The summed E-state index contributed by atoms with van der Waals surface area (Å²) in [7, 11) is 3.88. The minimum absolute atomic E-state index is 0.191. The fraction of sp³-hybridized carbons (Fsp3) is 0.231. The van der Waals surface area contributed by atoms with Crippen molar-refractivity contribution in [2.45, 2.75) is 6.54 Å². The van der Waals surface area contributed by atoms with Crippen LogP contribution in [0.1, 0.15) is 5.69 Å². The minimum atomic E-state index is -0.191. The number of rotatable bonds is 3. The van der Waals surface area contributed by atoms with E-state index in [0.717, 1.165) is 34.5 Å². The molecule has 0 saturated carbocycles. The molecule has 2 aromatic heterocycles. The van der Waals surface area contributed by atoms with E-state index in [1.54, 1.807) is 6.33 Å². The third kappa shape index (κ3) is 1.96. The summed E-state index contributed by atoms with van der Waals surface area (Å²) in [4.78, 5) is 21.2. The first-order valence-corrected chi connectivity index (χ1v) is 6.06. The molecule has 19 heavy (non-hydrogen) atoms. The Hall–Kier alpha value is -2.34. The van der Waals surface area contributed by atoms with Crippen LogP contribution in [-0.4, -0.2) is 26.6 Å². The number of aryl methyl sites for hydroxylation is 1. The molecule has 0 bridgehead atoms. The molecule has 3 aromatic rings. The number of nitrogens with one attached hydrogen (secondary N) is 3. The molecule has 6 heteroatoms. The number of benzene rings is 1. The van der Waals surface area contributed by atoms with Gasteiger partial charge in [0.25, 0.3) is 0 Å². The maximum Gasteiger partial charge on any atom is 0.323 e. The molecule has 0 aliphatic carbocycles. The van der Waals surface area contributed by atoms with Crippen LogP contribution in [0.5, 0.6) is 0 Å². The van der Waals surface area contributed by atoms with Crippen molar-refractivity contribution < 1.29 is 0 Å². The fourth-order valence-corrected chi connectivity index (χ4v) is 2.25. The van der Waals surface area contributed by atoms with Crippen molar-refractivity contribution in [3.63, 3.8) is 0 Å². The normalized spacial score (nSPS) is 11.3. The molecule has 0 aliphatic heterocycles. The first-order chi connectivity index (χ1) is 9.19. The Morgan fingerprint density at radius 1 is 1.32 bits per heavy atom. The second-order valence-corrected chi connectivity index (χ2v) is 4.52. The number of aromatic nitrogens is 4. The number of nitrogens with zero attached hydrogens (tertiary/aromatic N) is 2. The minimum Gasteiger partial charge on any atom is -0.336 e. The summed E-state index contributed by atoms with van der Waals surface area (Å²) in [5.41, 5.74) is 4.45. The van der Waals surface area contributed by atoms with Crippen LogP contribution in [0.25, 0.3) is 22.3 Å². The maximum atomic E-state index is 11.3. The Labute approximate surface area is 109 Å². The monoisotopic (exact) mass is 257 g/mol. The zero-order valence-corrected chi connectivity index (χ0v) is 10.8. The van der Waals surface area contributed by atoms with Gasteiger partial charge in [0.15, 0.2) is 0 Å². The van der Waals surface area contributed by atoms with Gasteiger partial charge in [-0.05, 0) is 19.2 Å². The standard InChI is InChI=1S/C13H15N5O/c1-14-6-11-12(15-7-18(11)2)8-3-4-9-10(5-8)17-13(19)16-9/h3-5,7,14H,6H2,1-2H3,(H2,16,17,19). The van der Waals surface area contributed by atoms with Crippen LogP contribution in [0.2, 0.25) is 0 Å². The van der Waals surface area contributed by atoms with Crippen LogP contribution in [-0.2, 0) is 13.6 Å². The van der Waals surface area contributed by atoms with Crippen LogP contribution in [0.3, 0.4) is 0 Å². The van der Waals surface area contributed by atoms with E-state index < -0.39 is 0 Å². The first-order valence-electron chi connectivity index (χ1n) is 6.06. The summed E-state index contributed by atoms with van der Waals surface area (Å²) in [6, 6.07) is 5.79. The summed E-state index contributed by atoms with van der Waals surface area (Å²) in [6.07, 6.45) is 1.80. The van der Waals surface area contributed by atoms with Crippen LogP contribution in [0.15, 0.2) is 29.3 Å². The lowest BCUT2D eigenvalue weighted by atomic mass is 10.1. The van der Waals surface area contributed by atoms with E-state index in [1.807, 2.05) is 36.9 Å². The predicted molar refractivity (Wildman–Crippen MR) is 73.9 cm³/mol. The lowest BCUT2D eigenvalue weighted by Gasteiger charge is -2.05. The van der Waals surface area contributed by atoms with E-state index in [9.17, 15) is 4.79 Å². The number of fused-ring (bicyclic) bond motifs is 1. The van der Waals surface area contributed by atoms with Gasteiger partial charge in [0.05, 0.1) is 28.7 Å². The Bertz CT molecular complexity index is 780. The molecular weight excluding hydrogens is 242 g/mol. The second kappa shape index (κ2) is 4.40. The third-order valence-electron chi connectivity index (χ3n) is 3.19. The molecule has 3 rings (SSSR count). The zero-order valence-electron chi connectivity index (χ0n) is 10.8. The molecule has 0 unspecified atom stereocenters. The molecule has 0 radical (unpaired) electrons. The highest BCUT2D eigenvalue weighted by Crippen LogP contribution is 2.24. The number of hydrogen-bond donors (Lipinski definition) is 3. The predicted octanol–water partition coefficient (Wildman–Crippen LogP) is 0.976. The lowest BCUT2D eigenvalue weighted by molar-refractivity contribution is 0.735. The summed E-state index contributed by atoms with van der Waals surface area (Å²) in [5.74, 6) is 0. The van der Waals surface area contributed by atoms with Crippen molar-refractivity contribution >= 4 is 11.0 Å². The van der Waals surface area contributed by atoms with Gasteiger partial charge in [-0.2, -0.15) is 0 Å². The molecule has 1 aromatic carbocycles. The van der Waals surface area contributed by atoms with Crippen LogP contribution in [0, 0.1) is 0 Å². The van der Waals surface area contributed by atoms with Gasteiger partial charge in [-0.25, -0.2) is 9.78 Å². The second-order valence-electron chi connectivity index (χ2n) is 4.52. The molecule has 0 fully saturated rings. The van der Waals surface area contributed by atoms with E-state index in [0.29, 0.717) is 0 Å². The summed E-state index contributed by atoms with van der Waals surface area (Å²) in [6.45, 7) is 0.744. The molecule has 0 spiro atoms. The molecule has 2 heterocycles. The van der Waals surface area contributed by atoms with Crippen molar-refractivity contribution in [3.05, 3.63) is 40.7 Å². The summed E-state index contributed by atoms with van der Waals surface area (Å²) >= 11 is 0. The average molecular weight is 257 g/mol. The van der Waals surface area contributed by atoms with Gasteiger partial charge in [-0.15, -0.1) is 0 Å². The zero-order chi connectivity index (χ0) is 13.4. The van der Waals surface area contributed by atoms with Crippen molar-refractivity contribution in [2.75, 3.05) is 7.05 Å². The van der Waals surface area contributed by atoms with Gasteiger partial charge in [0.2, 0.25) is 0 Å². The van der Waals surface area contributed by atoms with Gasteiger partial charge >= 0.3 is 5.69 Å². The Morgan fingerprint density at radius 3 is 2.89 bits per heavy atom. The van der Waals surface area contributed by atoms with E-state index >= 15 is 0 Å². The van der Waals surface area contributed by atoms with Crippen molar-refractivity contribution in [1.82, 2.24) is 24.8 Å². The molecule has 98 valence electrons. The smallest absolute Gasteiger partial charge is 0.323 e. The van der Waals surface area contributed by atoms with Crippen LogP contribution >= 0.6 is 0 Å². The van der Waals surface area contributed by atoms with E-state index in [4.69, 9.17) is 0 Å². The van der Waals surface area contributed by atoms with Gasteiger partial charge in [-0.1, -0.05) is 6.07 Å². The summed E-state index contributed by atoms with van der Waals surface area (Å²) < 4.78 is 2.00. The van der Waals surface area contributed by atoms with Gasteiger partial charge < -0.3 is 19.9 Å². The quantitative estimate of drug-likeness (QED) is 0.654. The van der Waals surface area contributed by atoms with Crippen molar-refractivity contribution in [2.24, 2.45) is 7.05 Å². The fourth-order valence-electron chi connectivity index (χ4n) is 2.25. The topological polar surface area (TPSA) is 78.5 Å². The molecule has 3 N–H and O–H groups in total. The molecular formula is C13H15N5O. The summed E-state index contributed by atoms with van der Waals surface area (Å²) in [5, 5.41) is 3.14. The van der Waals surface area contributed by atoms with Gasteiger partial charge in [-0.3, -0.25) is 0 Å². The Morgan fingerprint density at radius 2 is 2.11 bits per heavy atom. The average Bonchev–Trinajstić information content (AvgIpc) is 2.92. The van der Waals surface area contributed by atoms with Crippen molar-refractivity contribution in [3.8, 4) is 11.3 Å². The van der Waals surface area contributed by atoms with Gasteiger partial charge in [0.1, 0.15) is 0 Å². The molecule has 0 saturated heterocycles. The first kappa shape index (κ1) is 11.7. The lowest BCUT2D eigenvalue weighted by Crippen LogP contribution is -2.09. The highest BCUT2D eigenvalue weighted by atomic mass is 16.1. The maximum absolute atomic E-state index is 11.3. The molecule has 0 aliphatic rings. The highest BCUT2D eigenvalue weighted by molar-refractivity contribution is 5.81. The molecule has 0 amide bonds. The number of H-pyrrole nitrogens is 2. The number of hydrogen-bond acceptors (Lipinski definition) is 3. The van der Waals surface area contributed by atoms with E-state index in [-0.39, 0.29) is 5.69 Å². The highest BCUT2D eigenvalue weighted by Gasteiger charge is 2.11. The SMILES string of the molecule is CNCc1c(-c2ccc3[nH]c(=O)[nH]c3c2)ncn1C. The van der Waals surface area contributed by atoms with E-state index in [1.165, 1.54) is 0 Å². The Kier molecular flexibility index (Phi) is 2.72. The van der Waals surface area contributed by atoms with Gasteiger partial charge in [0, 0.05) is 19.2 Å². The van der Waals surface area contributed by atoms with Crippen LogP contribution in [0.4, 0.5) is 0 Å². The van der Waals surface area contributed by atoms with Crippen LogP contribution < -0.4 is 11.0 Å².